The molecule has 0 atom stereocenters. The summed E-state index contributed by atoms with van der Waals surface area (Å²) in [6.07, 6.45) is 5.02. The van der Waals surface area contributed by atoms with Crippen LogP contribution in [0.4, 0.5) is 0 Å². The van der Waals surface area contributed by atoms with E-state index in [4.69, 9.17) is 0 Å². The molecule has 1 aromatic carbocycles. The minimum Gasteiger partial charge on any atom is -0.356 e. The zero-order chi connectivity index (χ0) is 13.1. The third-order valence-electron chi connectivity index (χ3n) is 4.26. The summed E-state index contributed by atoms with van der Waals surface area (Å²) in [7, 11) is 0. The van der Waals surface area contributed by atoms with E-state index in [0.29, 0.717) is 5.41 Å². The maximum atomic E-state index is 4.49. The average molecular weight is 450 g/mol. The predicted octanol–water partition coefficient (Wildman–Crippen LogP) is 3.43. The van der Waals surface area contributed by atoms with E-state index in [0.717, 1.165) is 36.5 Å². The van der Waals surface area contributed by atoms with E-state index < -0.39 is 0 Å². The summed E-state index contributed by atoms with van der Waals surface area (Å²) in [4.78, 5) is 4.49. The first-order chi connectivity index (χ1) is 9.28. The normalized spacial score (nSPS) is 19.9. The maximum absolute atomic E-state index is 4.49. The van der Waals surface area contributed by atoms with Crippen molar-refractivity contribution in [3.63, 3.8) is 0 Å². The summed E-state index contributed by atoms with van der Waals surface area (Å²) in [5.41, 5.74) is 1.76. The lowest BCUT2D eigenvalue weighted by molar-refractivity contribution is 0.243. The fraction of sp³-hybridized carbons (Fsp3) is 0.533. The molecule has 5 heteroatoms. The van der Waals surface area contributed by atoms with Crippen molar-refractivity contribution in [3.05, 3.63) is 34.3 Å². The molecule has 0 saturated heterocycles. The Morgan fingerprint density at radius 1 is 1.20 bits per heavy atom. The Kier molecular flexibility index (Phi) is 5.72. The molecular formula is C15H21BrIN3. The van der Waals surface area contributed by atoms with Gasteiger partial charge in [-0.15, -0.1) is 24.0 Å². The van der Waals surface area contributed by atoms with Gasteiger partial charge in [0.25, 0.3) is 0 Å². The highest BCUT2D eigenvalue weighted by Gasteiger charge is 2.38. The second-order valence-electron chi connectivity index (χ2n) is 5.50. The monoisotopic (exact) mass is 449 g/mol. The van der Waals surface area contributed by atoms with E-state index in [1.165, 1.54) is 24.8 Å². The Bertz CT molecular complexity index is 469. The van der Waals surface area contributed by atoms with Crippen LogP contribution in [0.25, 0.3) is 0 Å². The summed E-state index contributed by atoms with van der Waals surface area (Å²) in [5, 5.41) is 6.84. The zero-order valence-electron chi connectivity index (χ0n) is 11.5. The summed E-state index contributed by atoms with van der Waals surface area (Å²) in [5.74, 6) is 0.981. The lowest BCUT2D eigenvalue weighted by atomic mass is 9.64. The van der Waals surface area contributed by atoms with Gasteiger partial charge in [0, 0.05) is 29.5 Å². The second-order valence-corrected chi connectivity index (χ2v) is 6.42. The van der Waals surface area contributed by atoms with Gasteiger partial charge in [0.2, 0.25) is 0 Å². The minimum absolute atomic E-state index is 0. The number of guanidine groups is 1. The molecule has 0 aromatic heterocycles. The van der Waals surface area contributed by atoms with Crippen molar-refractivity contribution >= 4 is 45.9 Å². The first kappa shape index (κ1) is 16.1. The Hall–Kier alpha value is -0.300. The third kappa shape index (κ3) is 3.47. The SMILES string of the molecule is Brc1ccc(C2(CNC3=NCCCN3)CCC2)cc1.I. The molecule has 1 aliphatic carbocycles. The number of nitrogens with one attached hydrogen (secondary N) is 2. The molecule has 1 aromatic rings. The highest BCUT2D eigenvalue weighted by atomic mass is 127. The van der Waals surface area contributed by atoms with Crippen LogP contribution in [-0.2, 0) is 5.41 Å². The fourth-order valence-corrected chi connectivity index (χ4v) is 3.14. The van der Waals surface area contributed by atoms with Gasteiger partial charge in [0.15, 0.2) is 5.96 Å². The lowest BCUT2D eigenvalue weighted by Gasteiger charge is -2.43. The third-order valence-corrected chi connectivity index (χ3v) is 4.79. The van der Waals surface area contributed by atoms with Gasteiger partial charge < -0.3 is 10.6 Å². The molecule has 110 valence electrons. The molecule has 1 aliphatic heterocycles. The number of nitrogens with zero attached hydrogens (tertiary/aromatic N) is 1. The van der Waals surface area contributed by atoms with Crippen molar-refractivity contribution in [2.45, 2.75) is 31.1 Å². The standard InChI is InChI=1S/C15H20BrN3.HI/c16-13-5-3-12(4-6-13)15(7-1-8-15)11-19-14-17-9-2-10-18-14;/h3-6H,1-2,7-11H2,(H2,17,18,19);1H. The van der Waals surface area contributed by atoms with Crippen LogP contribution in [0.3, 0.4) is 0 Å². The van der Waals surface area contributed by atoms with E-state index in [1.54, 1.807) is 0 Å². The molecule has 1 fully saturated rings. The Morgan fingerprint density at radius 2 is 1.95 bits per heavy atom. The van der Waals surface area contributed by atoms with Crippen molar-refractivity contribution in [1.29, 1.82) is 0 Å². The number of rotatable bonds is 3. The molecule has 3 nitrogen and oxygen atoms in total. The first-order valence-corrected chi connectivity index (χ1v) is 7.86. The average Bonchev–Trinajstić information content (AvgIpc) is 2.41. The number of benzene rings is 1. The van der Waals surface area contributed by atoms with Crippen LogP contribution in [-0.4, -0.2) is 25.6 Å². The molecule has 0 unspecified atom stereocenters. The van der Waals surface area contributed by atoms with Gasteiger partial charge in [-0.3, -0.25) is 4.99 Å². The van der Waals surface area contributed by atoms with E-state index in [2.05, 4.69) is 55.8 Å². The highest BCUT2D eigenvalue weighted by molar-refractivity contribution is 14.0. The molecule has 3 rings (SSSR count). The Balaban J connectivity index is 0.00000147. The second kappa shape index (κ2) is 7.11. The molecule has 1 heterocycles. The van der Waals surface area contributed by atoms with Crippen LogP contribution in [0.15, 0.2) is 33.7 Å². The Morgan fingerprint density at radius 3 is 2.50 bits per heavy atom. The molecular weight excluding hydrogens is 429 g/mol. The number of hydrogen-bond donors (Lipinski definition) is 2. The quantitative estimate of drug-likeness (QED) is 0.693. The fourth-order valence-electron chi connectivity index (χ4n) is 2.88. The van der Waals surface area contributed by atoms with E-state index in [1.807, 2.05) is 0 Å². The van der Waals surface area contributed by atoms with Crippen molar-refractivity contribution in [2.75, 3.05) is 19.6 Å². The van der Waals surface area contributed by atoms with Gasteiger partial charge in [-0.05, 0) is 37.0 Å². The van der Waals surface area contributed by atoms with E-state index in [9.17, 15) is 0 Å². The van der Waals surface area contributed by atoms with Crippen LogP contribution >= 0.6 is 39.9 Å². The topological polar surface area (TPSA) is 36.4 Å². The van der Waals surface area contributed by atoms with Crippen LogP contribution in [0.1, 0.15) is 31.2 Å². The molecule has 2 N–H and O–H groups in total. The summed E-state index contributed by atoms with van der Waals surface area (Å²) < 4.78 is 1.15. The molecule has 0 radical (unpaired) electrons. The van der Waals surface area contributed by atoms with Gasteiger partial charge in [-0.25, -0.2) is 0 Å². The predicted molar refractivity (Wildman–Crippen MR) is 98.0 cm³/mol. The highest BCUT2D eigenvalue weighted by Crippen LogP contribution is 2.43. The molecule has 0 spiro atoms. The Labute approximate surface area is 146 Å². The molecule has 1 saturated carbocycles. The van der Waals surface area contributed by atoms with Crippen LogP contribution in [0.5, 0.6) is 0 Å². The van der Waals surface area contributed by atoms with Crippen LogP contribution in [0.2, 0.25) is 0 Å². The first-order valence-electron chi connectivity index (χ1n) is 7.07. The number of hydrogen-bond acceptors (Lipinski definition) is 3. The molecule has 2 aliphatic rings. The molecule has 0 bridgehead atoms. The number of halogens is 2. The van der Waals surface area contributed by atoms with Gasteiger partial charge in [-0.1, -0.05) is 34.5 Å². The summed E-state index contributed by atoms with van der Waals surface area (Å²) >= 11 is 3.51. The molecule has 0 amide bonds. The summed E-state index contributed by atoms with van der Waals surface area (Å²) in [6.45, 7) is 2.97. The van der Waals surface area contributed by atoms with Crippen molar-refractivity contribution in [2.24, 2.45) is 4.99 Å². The van der Waals surface area contributed by atoms with Crippen molar-refractivity contribution in [3.8, 4) is 0 Å². The van der Waals surface area contributed by atoms with Gasteiger partial charge in [-0.2, -0.15) is 0 Å². The van der Waals surface area contributed by atoms with Crippen molar-refractivity contribution in [1.82, 2.24) is 10.6 Å². The molecule has 20 heavy (non-hydrogen) atoms. The van der Waals surface area contributed by atoms with Crippen LogP contribution in [0, 0.1) is 0 Å². The minimum atomic E-state index is 0. The smallest absolute Gasteiger partial charge is 0.191 e. The van der Waals surface area contributed by atoms with Gasteiger partial charge in [0.05, 0.1) is 0 Å². The van der Waals surface area contributed by atoms with E-state index in [-0.39, 0.29) is 24.0 Å². The largest absolute Gasteiger partial charge is 0.356 e. The zero-order valence-corrected chi connectivity index (χ0v) is 15.4. The lowest BCUT2D eigenvalue weighted by Crippen LogP contribution is -2.50. The van der Waals surface area contributed by atoms with Gasteiger partial charge >= 0.3 is 0 Å². The van der Waals surface area contributed by atoms with E-state index >= 15 is 0 Å². The number of aliphatic imine (C=N–C) groups is 1. The maximum Gasteiger partial charge on any atom is 0.191 e. The van der Waals surface area contributed by atoms with Crippen molar-refractivity contribution < 1.29 is 0 Å². The van der Waals surface area contributed by atoms with Crippen LogP contribution < -0.4 is 10.6 Å². The van der Waals surface area contributed by atoms with Gasteiger partial charge in [0.1, 0.15) is 0 Å². The summed E-state index contributed by atoms with van der Waals surface area (Å²) in [6, 6.07) is 8.79.